The molecule has 0 unspecified atom stereocenters. The van der Waals surface area contributed by atoms with Gasteiger partial charge in [0.25, 0.3) is 0 Å². The summed E-state index contributed by atoms with van der Waals surface area (Å²) < 4.78 is 22.8. The van der Waals surface area contributed by atoms with E-state index in [9.17, 15) is 35.1 Å². The molecule has 11 atom stereocenters. The molecule has 218 valence electrons. The normalized spacial score (nSPS) is 41.2. The molecule has 1 aromatic rings. The van der Waals surface area contributed by atoms with Crippen LogP contribution in [0.25, 0.3) is 0 Å². The van der Waals surface area contributed by atoms with Crippen molar-refractivity contribution in [2.45, 2.75) is 81.1 Å². The molecule has 0 amide bonds. The number of aliphatic hydroxyl groups is 4. The second kappa shape index (κ2) is 10.9. The first-order chi connectivity index (χ1) is 18.9. The van der Waals surface area contributed by atoms with Gasteiger partial charge in [-0.15, -0.1) is 0 Å². The number of hydrogen-bond acceptors (Lipinski definition) is 11. The number of phenolic OH excluding ortho intramolecular Hbond substituents is 1. The Morgan fingerprint density at radius 2 is 1.82 bits per heavy atom. The molecule has 4 fully saturated rings. The molecule has 11 nitrogen and oxygen atoms in total. The van der Waals surface area contributed by atoms with E-state index in [2.05, 4.69) is 13.2 Å². The quantitative estimate of drug-likeness (QED) is 0.186. The van der Waals surface area contributed by atoms with Gasteiger partial charge in [0.15, 0.2) is 6.29 Å². The van der Waals surface area contributed by atoms with Crippen LogP contribution >= 0.6 is 0 Å². The van der Waals surface area contributed by atoms with Gasteiger partial charge < -0.3 is 44.5 Å². The van der Waals surface area contributed by atoms with Gasteiger partial charge in [-0.05, 0) is 49.5 Å². The van der Waals surface area contributed by atoms with Crippen LogP contribution in [-0.2, 0) is 35.0 Å². The predicted molar refractivity (Wildman–Crippen MR) is 137 cm³/mol. The third-order valence-corrected chi connectivity index (χ3v) is 8.87. The number of esters is 2. The summed E-state index contributed by atoms with van der Waals surface area (Å²) in [6.45, 7) is 9.41. The molecule has 2 heterocycles. The zero-order valence-electron chi connectivity index (χ0n) is 22.2. The minimum Gasteiger partial charge on any atom is -0.508 e. The van der Waals surface area contributed by atoms with E-state index in [-0.39, 0.29) is 24.0 Å². The van der Waals surface area contributed by atoms with Crippen molar-refractivity contribution >= 4 is 11.9 Å². The molecular weight excluding hydrogens is 524 g/mol. The molecule has 11 heteroatoms. The lowest BCUT2D eigenvalue weighted by atomic mass is 9.78. The van der Waals surface area contributed by atoms with Crippen LogP contribution in [0.15, 0.2) is 48.6 Å². The van der Waals surface area contributed by atoms with Gasteiger partial charge in [0.1, 0.15) is 42.9 Å². The van der Waals surface area contributed by atoms with E-state index >= 15 is 0 Å². The van der Waals surface area contributed by atoms with Crippen LogP contribution < -0.4 is 0 Å². The van der Waals surface area contributed by atoms with Crippen molar-refractivity contribution in [3.05, 3.63) is 54.1 Å². The number of rotatable bonds is 6. The van der Waals surface area contributed by atoms with Crippen LogP contribution in [0.4, 0.5) is 0 Å². The lowest BCUT2D eigenvalue weighted by molar-refractivity contribution is -0.308. The molecule has 2 saturated heterocycles. The van der Waals surface area contributed by atoms with Crippen LogP contribution in [0.5, 0.6) is 5.75 Å². The fraction of sp³-hybridized carbons (Fsp3) is 0.586. The van der Waals surface area contributed by atoms with E-state index in [4.69, 9.17) is 18.9 Å². The maximum atomic E-state index is 12.3. The number of hydrogen-bond donors (Lipinski definition) is 5. The number of carbonyl (C=O) groups is 2. The fourth-order valence-electron chi connectivity index (χ4n) is 6.49. The summed E-state index contributed by atoms with van der Waals surface area (Å²) in [7, 11) is 0. The summed E-state index contributed by atoms with van der Waals surface area (Å²) in [5.41, 5.74) is 0.456. The van der Waals surface area contributed by atoms with E-state index in [0.717, 1.165) is 0 Å². The number of phenols is 1. The molecule has 1 aromatic carbocycles. The van der Waals surface area contributed by atoms with Gasteiger partial charge >= 0.3 is 11.9 Å². The highest BCUT2D eigenvalue weighted by atomic mass is 16.7. The highest BCUT2D eigenvalue weighted by Gasteiger charge is 2.58. The average molecular weight is 561 g/mol. The monoisotopic (exact) mass is 560 g/mol. The third kappa shape index (κ3) is 5.29. The first kappa shape index (κ1) is 28.7. The van der Waals surface area contributed by atoms with Gasteiger partial charge in [0, 0.05) is 23.3 Å². The molecule has 4 aliphatic rings. The zero-order valence-corrected chi connectivity index (χ0v) is 22.2. The zero-order chi connectivity index (χ0) is 28.9. The van der Waals surface area contributed by atoms with Crippen molar-refractivity contribution in [1.82, 2.24) is 0 Å². The first-order valence-corrected chi connectivity index (χ1v) is 13.5. The van der Waals surface area contributed by atoms with Crippen LogP contribution in [0, 0.1) is 17.8 Å². The van der Waals surface area contributed by atoms with Gasteiger partial charge in [0.05, 0.1) is 18.1 Å². The molecule has 2 aliphatic carbocycles. The Hall–Kier alpha value is -2.80. The van der Waals surface area contributed by atoms with Crippen molar-refractivity contribution in [2.75, 3.05) is 6.61 Å². The average Bonchev–Trinajstić information content (AvgIpc) is 3.35. The third-order valence-electron chi connectivity index (χ3n) is 8.87. The number of aliphatic hydroxyl groups excluding tert-OH is 3. The van der Waals surface area contributed by atoms with E-state index in [1.54, 1.807) is 19.1 Å². The van der Waals surface area contributed by atoms with E-state index in [0.29, 0.717) is 36.0 Å². The Morgan fingerprint density at radius 1 is 1.12 bits per heavy atom. The van der Waals surface area contributed by atoms with Gasteiger partial charge in [0.2, 0.25) is 0 Å². The Bertz CT molecular complexity index is 1160. The molecule has 0 radical (unpaired) electrons. The molecule has 2 saturated carbocycles. The number of ether oxygens (including phenoxy) is 4. The smallest absolute Gasteiger partial charge is 0.334 e. The number of carbonyl (C=O) groups excluding carboxylic acids is 2. The van der Waals surface area contributed by atoms with Crippen LogP contribution in [-0.4, -0.2) is 92.6 Å². The Labute approximate surface area is 231 Å². The summed E-state index contributed by atoms with van der Waals surface area (Å²) in [5, 5.41) is 52.3. The lowest BCUT2D eigenvalue weighted by Crippen LogP contribution is -2.60. The van der Waals surface area contributed by atoms with Crippen molar-refractivity contribution in [3.8, 4) is 5.75 Å². The Morgan fingerprint density at radius 3 is 2.52 bits per heavy atom. The highest BCUT2D eigenvalue weighted by Crippen LogP contribution is 2.54. The summed E-state index contributed by atoms with van der Waals surface area (Å²) in [4.78, 5) is 24.6. The van der Waals surface area contributed by atoms with E-state index < -0.39 is 73.0 Å². The number of fused-ring (bicyclic) bond motifs is 3. The molecule has 5 rings (SSSR count). The Balaban J connectivity index is 1.25. The maximum absolute atomic E-state index is 12.3. The fourth-order valence-corrected chi connectivity index (χ4v) is 6.49. The molecule has 2 aliphatic heterocycles. The minimum atomic E-state index is -1.65. The Kier molecular flexibility index (Phi) is 7.81. The SMILES string of the molecule is C=C1[C@H]2[C@H]3OC(=O)C(=C)[C@@H]3CC[C@@](C)(O)[C@@H]2C[C@H]1O[C@H]1O[C@H](COC(=O)Cc2ccc(O)cc2)[C@@H](O)[C@H](O)[C@@H]1O. The van der Waals surface area contributed by atoms with E-state index in [1.165, 1.54) is 12.1 Å². The van der Waals surface area contributed by atoms with Crippen LogP contribution in [0.1, 0.15) is 31.7 Å². The van der Waals surface area contributed by atoms with Crippen molar-refractivity contribution < 1.29 is 54.1 Å². The van der Waals surface area contributed by atoms with Crippen molar-refractivity contribution in [2.24, 2.45) is 17.8 Å². The lowest BCUT2D eigenvalue weighted by Gasteiger charge is -2.41. The van der Waals surface area contributed by atoms with Crippen LogP contribution in [0.2, 0.25) is 0 Å². The number of benzene rings is 1. The summed E-state index contributed by atoms with van der Waals surface area (Å²) >= 11 is 0. The summed E-state index contributed by atoms with van der Waals surface area (Å²) in [5.74, 6) is -2.03. The molecule has 0 bridgehead atoms. The van der Waals surface area contributed by atoms with Crippen molar-refractivity contribution in [3.63, 3.8) is 0 Å². The highest BCUT2D eigenvalue weighted by molar-refractivity contribution is 5.91. The number of aromatic hydroxyl groups is 1. The van der Waals surface area contributed by atoms with Crippen molar-refractivity contribution in [1.29, 1.82) is 0 Å². The molecule has 40 heavy (non-hydrogen) atoms. The van der Waals surface area contributed by atoms with Gasteiger partial charge in [-0.1, -0.05) is 25.3 Å². The second-order valence-electron chi connectivity index (χ2n) is 11.5. The maximum Gasteiger partial charge on any atom is 0.334 e. The van der Waals surface area contributed by atoms with Gasteiger partial charge in [-0.2, -0.15) is 0 Å². The predicted octanol–water partition coefficient (Wildman–Crippen LogP) is 0.506. The molecular formula is C29H36O11. The largest absolute Gasteiger partial charge is 0.508 e. The van der Waals surface area contributed by atoms with E-state index in [1.807, 2.05) is 0 Å². The standard InChI is InChI=1S/C29H36O11/c1-13-17-8-9-29(3,36)18-11-19(14(2)22(18)26(17)40-27(13)35)38-28-25(34)24(33)23(32)20(39-28)12-37-21(31)10-15-4-6-16(30)7-5-15/h4-7,17-20,22-26,28,30,32-34,36H,1-2,8-12H2,3H3/t17-,18+,19+,20+,22+,23+,24-,25-,26-,28-,29+/m0/s1. The molecule has 5 N–H and O–H groups in total. The minimum absolute atomic E-state index is 0.0623. The first-order valence-electron chi connectivity index (χ1n) is 13.5. The second-order valence-corrected chi connectivity index (χ2v) is 11.5. The van der Waals surface area contributed by atoms with Gasteiger partial charge in [-0.25, -0.2) is 4.79 Å². The summed E-state index contributed by atoms with van der Waals surface area (Å²) in [6.07, 6.45) is -7.47. The van der Waals surface area contributed by atoms with Crippen LogP contribution in [0.3, 0.4) is 0 Å². The molecule has 0 spiro atoms. The topological polar surface area (TPSA) is 172 Å². The van der Waals surface area contributed by atoms with Gasteiger partial charge in [-0.3, -0.25) is 4.79 Å². The summed E-state index contributed by atoms with van der Waals surface area (Å²) in [6, 6.07) is 6.03. The molecule has 0 aromatic heterocycles.